The molecular formula is C15H23N3O. The third kappa shape index (κ3) is 2.28. The van der Waals surface area contributed by atoms with Gasteiger partial charge in [-0.2, -0.15) is 0 Å². The monoisotopic (exact) mass is 261 g/mol. The highest BCUT2D eigenvalue weighted by Gasteiger charge is 2.39. The molecule has 0 amide bonds. The van der Waals surface area contributed by atoms with Crippen LogP contribution >= 0.6 is 0 Å². The van der Waals surface area contributed by atoms with Crippen molar-refractivity contribution in [2.45, 2.75) is 58.0 Å². The summed E-state index contributed by atoms with van der Waals surface area (Å²) in [6.45, 7) is 6.11. The summed E-state index contributed by atoms with van der Waals surface area (Å²) in [6, 6.07) is 0.453. The predicted octanol–water partition coefficient (Wildman–Crippen LogP) is 2.60. The molecule has 1 N–H and O–H groups in total. The van der Waals surface area contributed by atoms with Crippen LogP contribution in [0.4, 0.5) is 5.82 Å². The van der Waals surface area contributed by atoms with E-state index in [1.807, 2.05) is 20.8 Å². The number of fused-ring (bicyclic) bond motifs is 2. The first-order valence-electron chi connectivity index (χ1n) is 7.30. The first-order valence-corrected chi connectivity index (χ1v) is 7.30. The van der Waals surface area contributed by atoms with Crippen molar-refractivity contribution in [3.8, 4) is 0 Å². The lowest BCUT2D eigenvalue weighted by molar-refractivity contribution is 0.381. The molecule has 2 fully saturated rings. The molecule has 2 bridgehead atoms. The molecule has 0 saturated heterocycles. The minimum atomic E-state index is -0.203. The smallest absolute Gasteiger partial charge is 0.293 e. The van der Waals surface area contributed by atoms with Gasteiger partial charge < -0.3 is 9.88 Å². The van der Waals surface area contributed by atoms with Crippen molar-refractivity contribution in [2.24, 2.45) is 11.8 Å². The van der Waals surface area contributed by atoms with E-state index in [0.29, 0.717) is 11.9 Å². The Labute approximate surface area is 114 Å². The molecule has 3 atom stereocenters. The zero-order chi connectivity index (χ0) is 13.6. The number of anilines is 1. The van der Waals surface area contributed by atoms with E-state index in [-0.39, 0.29) is 11.1 Å². The van der Waals surface area contributed by atoms with Gasteiger partial charge in [0, 0.05) is 24.0 Å². The maximum absolute atomic E-state index is 12.4. The fourth-order valence-electron chi connectivity index (χ4n) is 3.64. The van der Waals surface area contributed by atoms with E-state index in [4.69, 9.17) is 0 Å². The Kier molecular flexibility index (Phi) is 2.91. The molecule has 4 heteroatoms. The second-order valence-corrected chi connectivity index (χ2v) is 7.05. The standard InChI is InChI=1S/C15H23N3O/c1-15(2,3)18-7-6-16-13(14(18)19)17-12-9-10-4-5-11(12)8-10/h6-7,10-12H,4-5,8-9H2,1-3H3,(H,16,17). The van der Waals surface area contributed by atoms with Crippen molar-refractivity contribution in [2.75, 3.05) is 5.32 Å². The molecule has 104 valence electrons. The number of hydrogen-bond acceptors (Lipinski definition) is 3. The molecule has 1 aromatic rings. The van der Waals surface area contributed by atoms with E-state index in [1.54, 1.807) is 17.0 Å². The van der Waals surface area contributed by atoms with Gasteiger partial charge in [-0.3, -0.25) is 4.79 Å². The third-order valence-corrected chi connectivity index (χ3v) is 4.62. The van der Waals surface area contributed by atoms with Gasteiger partial charge in [0.2, 0.25) is 0 Å². The van der Waals surface area contributed by atoms with Gasteiger partial charge >= 0.3 is 0 Å². The van der Waals surface area contributed by atoms with Gasteiger partial charge in [0.1, 0.15) is 0 Å². The Hall–Kier alpha value is -1.32. The lowest BCUT2D eigenvalue weighted by atomic mass is 9.95. The van der Waals surface area contributed by atoms with E-state index in [0.717, 1.165) is 11.8 Å². The summed E-state index contributed by atoms with van der Waals surface area (Å²) in [5.74, 6) is 2.14. The molecule has 0 aromatic carbocycles. The molecule has 2 saturated carbocycles. The maximum atomic E-state index is 12.4. The first kappa shape index (κ1) is 12.7. The van der Waals surface area contributed by atoms with E-state index in [1.165, 1.54) is 25.7 Å². The van der Waals surface area contributed by atoms with Crippen molar-refractivity contribution in [1.82, 2.24) is 9.55 Å². The summed E-state index contributed by atoms with van der Waals surface area (Å²) in [5, 5.41) is 3.41. The van der Waals surface area contributed by atoms with Gasteiger partial charge in [-0.1, -0.05) is 6.42 Å². The molecule has 1 heterocycles. The van der Waals surface area contributed by atoms with E-state index in [2.05, 4.69) is 10.3 Å². The summed E-state index contributed by atoms with van der Waals surface area (Å²) in [7, 11) is 0. The summed E-state index contributed by atoms with van der Waals surface area (Å²) in [4.78, 5) is 16.7. The number of hydrogen-bond donors (Lipinski definition) is 1. The molecule has 1 aromatic heterocycles. The lowest BCUT2D eigenvalue weighted by Crippen LogP contribution is -2.37. The molecule has 3 rings (SSSR count). The minimum Gasteiger partial charge on any atom is -0.362 e. The van der Waals surface area contributed by atoms with Crippen LogP contribution < -0.4 is 10.9 Å². The van der Waals surface area contributed by atoms with Crippen LogP contribution in [0, 0.1) is 11.8 Å². The van der Waals surface area contributed by atoms with Gasteiger partial charge in [-0.15, -0.1) is 0 Å². The topological polar surface area (TPSA) is 46.9 Å². The predicted molar refractivity (Wildman–Crippen MR) is 76.4 cm³/mol. The highest BCUT2D eigenvalue weighted by Crippen LogP contribution is 2.45. The minimum absolute atomic E-state index is 0.00206. The highest BCUT2D eigenvalue weighted by molar-refractivity contribution is 5.34. The number of nitrogens with one attached hydrogen (secondary N) is 1. The SMILES string of the molecule is CC(C)(C)n1ccnc(NC2CC3CCC2C3)c1=O. The average molecular weight is 261 g/mol. The molecule has 2 aliphatic carbocycles. The van der Waals surface area contributed by atoms with Crippen LogP contribution in [0.15, 0.2) is 17.2 Å². The van der Waals surface area contributed by atoms with Crippen molar-refractivity contribution in [3.05, 3.63) is 22.7 Å². The van der Waals surface area contributed by atoms with E-state index < -0.39 is 0 Å². The normalized spacial score (nSPS) is 29.7. The van der Waals surface area contributed by atoms with Crippen molar-refractivity contribution in [3.63, 3.8) is 0 Å². The van der Waals surface area contributed by atoms with Gasteiger partial charge in [0.15, 0.2) is 5.82 Å². The van der Waals surface area contributed by atoms with Crippen molar-refractivity contribution >= 4 is 5.82 Å². The number of aromatic nitrogens is 2. The summed E-state index contributed by atoms with van der Waals surface area (Å²) in [5.41, 5.74) is -0.205. The van der Waals surface area contributed by atoms with E-state index >= 15 is 0 Å². The fourth-order valence-corrected chi connectivity index (χ4v) is 3.64. The summed E-state index contributed by atoms with van der Waals surface area (Å²) >= 11 is 0. The van der Waals surface area contributed by atoms with Crippen LogP contribution in [0.3, 0.4) is 0 Å². The Bertz CT molecular complexity index is 529. The van der Waals surface area contributed by atoms with Gasteiger partial charge in [0.25, 0.3) is 5.56 Å². The Morgan fingerprint density at radius 1 is 1.32 bits per heavy atom. The average Bonchev–Trinajstić information content (AvgIpc) is 2.92. The molecule has 2 aliphatic rings. The quantitative estimate of drug-likeness (QED) is 0.890. The first-order chi connectivity index (χ1) is 8.95. The van der Waals surface area contributed by atoms with Crippen LogP contribution in [-0.2, 0) is 5.54 Å². The van der Waals surface area contributed by atoms with Crippen molar-refractivity contribution < 1.29 is 0 Å². The lowest BCUT2D eigenvalue weighted by Gasteiger charge is -2.25. The second kappa shape index (κ2) is 4.36. The number of nitrogens with zero attached hydrogens (tertiary/aromatic N) is 2. The van der Waals surface area contributed by atoms with Crippen LogP contribution in [0.25, 0.3) is 0 Å². The molecule has 4 nitrogen and oxygen atoms in total. The Morgan fingerprint density at radius 2 is 2.11 bits per heavy atom. The van der Waals surface area contributed by atoms with Gasteiger partial charge in [-0.05, 0) is 51.9 Å². The highest BCUT2D eigenvalue weighted by atomic mass is 16.1. The zero-order valence-electron chi connectivity index (χ0n) is 12.0. The molecule has 0 radical (unpaired) electrons. The van der Waals surface area contributed by atoms with Crippen molar-refractivity contribution in [1.29, 1.82) is 0 Å². The van der Waals surface area contributed by atoms with Crippen LogP contribution in [0.2, 0.25) is 0 Å². The molecular weight excluding hydrogens is 238 g/mol. The molecule has 0 spiro atoms. The fraction of sp³-hybridized carbons (Fsp3) is 0.733. The van der Waals surface area contributed by atoms with Crippen LogP contribution in [0.1, 0.15) is 46.5 Å². The van der Waals surface area contributed by atoms with E-state index in [9.17, 15) is 4.79 Å². The largest absolute Gasteiger partial charge is 0.362 e. The Morgan fingerprint density at radius 3 is 2.68 bits per heavy atom. The maximum Gasteiger partial charge on any atom is 0.293 e. The molecule has 3 unspecified atom stereocenters. The molecule has 0 aliphatic heterocycles. The van der Waals surface area contributed by atoms with Gasteiger partial charge in [0.05, 0.1) is 0 Å². The van der Waals surface area contributed by atoms with Crippen LogP contribution in [0.5, 0.6) is 0 Å². The van der Waals surface area contributed by atoms with Crippen LogP contribution in [-0.4, -0.2) is 15.6 Å². The number of rotatable bonds is 2. The Balaban J connectivity index is 1.84. The summed E-state index contributed by atoms with van der Waals surface area (Å²) in [6.07, 6.45) is 8.71. The summed E-state index contributed by atoms with van der Waals surface area (Å²) < 4.78 is 1.76. The van der Waals surface area contributed by atoms with Gasteiger partial charge in [-0.25, -0.2) is 4.98 Å². The third-order valence-electron chi connectivity index (χ3n) is 4.62. The molecule has 19 heavy (non-hydrogen) atoms. The zero-order valence-corrected chi connectivity index (χ0v) is 12.0. The second-order valence-electron chi connectivity index (χ2n) is 7.05.